The zero-order chi connectivity index (χ0) is 23.7. The zero-order valence-electron chi connectivity index (χ0n) is 20.3. The first-order valence-corrected chi connectivity index (χ1v) is 12.1. The number of benzene rings is 1. The maximum absolute atomic E-state index is 12.7. The molecule has 2 heterocycles. The average molecular weight is 490 g/mol. The number of esters is 2. The van der Waals surface area contributed by atoms with Gasteiger partial charge in [0.1, 0.15) is 11.3 Å². The molecule has 0 spiro atoms. The molecule has 0 radical (unpaired) electrons. The third-order valence-electron chi connectivity index (χ3n) is 4.32. The van der Waals surface area contributed by atoms with Crippen LogP contribution in [-0.2, 0) is 21.0 Å². The fourth-order valence-corrected chi connectivity index (χ4v) is 4.00. The number of fused-ring (bicyclic) bond motifs is 1. The van der Waals surface area contributed by atoms with Crippen molar-refractivity contribution in [3.05, 3.63) is 77.1 Å². The molecule has 3 rings (SSSR count). The van der Waals surface area contributed by atoms with Crippen LogP contribution in [-0.4, -0.2) is 28.5 Å². The van der Waals surface area contributed by atoms with E-state index in [1.54, 1.807) is 29.2 Å². The molecular weight excluding hydrogens is 454 g/mol. The number of carbonyl (C=O) groups is 2. The first-order chi connectivity index (χ1) is 15.3. The number of nitrogens with zero attached hydrogens (tertiary/aromatic N) is 1. The Morgan fingerprint density at radius 2 is 1.58 bits per heavy atom. The molecule has 0 atom stereocenters. The zero-order valence-corrected chi connectivity index (χ0v) is 22.1. The highest BCUT2D eigenvalue weighted by Gasteiger charge is 2.25. The Labute approximate surface area is 208 Å². The minimum Gasteiger partial charge on any atom is -0.462 e. The Hall–Kier alpha value is -2.38. The largest absolute Gasteiger partial charge is 0.462 e. The van der Waals surface area contributed by atoms with Crippen LogP contribution in [0.4, 0.5) is 0 Å². The average Bonchev–Trinajstić information content (AvgIpc) is 3.14. The summed E-state index contributed by atoms with van der Waals surface area (Å²) in [6.07, 6.45) is 1.82. The fourth-order valence-electron chi connectivity index (χ4n) is 3.05. The number of carbonyl (C=O) groups excluding carboxylic acids is 2. The summed E-state index contributed by atoms with van der Waals surface area (Å²) in [5.41, 5.74) is 3.04. The quantitative estimate of drug-likeness (QED) is 0.348. The summed E-state index contributed by atoms with van der Waals surface area (Å²) in [5.74, 6) is 0.778. The lowest BCUT2D eigenvalue weighted by Crippen LogP contribution is -2.24. The normalized spacial score (nSPS) is 10.6. The van der Waals surface area contributed by atoms with Gasteiger partial charge in [-0.3, -0.25) is 0 Å². The molecule has 0 aliphatic heterocycles. The topological polar surface area (TPSA) is 57.0 Å². The molecule has 0 saturated heterocycles. The highest BCUT2D eigenvalue weighted by Crippen LogP contribution is 2.25. The lowest BCUT2D eigenvalue weighted by Gasteiger charge is -2.19. The van der Waals surface area contributed by atoms with Crippen molar-refractivity contribution in [2.24, 2.45) is 0 Å². The van der Waals surface area contributed by atoms with Gasteiger partial charge in [0.15, 0.2) is 0 Å². The van der Waals surface area contributed by atoms with Crippen molar-refractivity contribution in [2.75, 3.05) is 6.61 Å². The first-order valence-electron chi connectivity index (χ1n) is 10.9. The second-order valence-corrected chi connectivity index (χ2v) is 8.92. The Bertz CT molecular complexity index is 1040. The first kappa shape index (κ1) is 28.7. The van der Waals surface area contributed by atoms with E-state index in [0.29, 0.717) is 16.8 Å². The molecule has 1 aromatic carbocycles. The molecule has 0 N–H and O–H groups in total. The molecule has 3 aromatic rings. The molecule has 7 heteroatoms. The van der Waals surface area contributed by atoms with Crippen LogP contribution in [0, 0.1) is 0 Å². The Morgan fingerprint density at radius 3 is 2.18 bits per heavy atom. The summed E-state index contributed by atoms with van der Waals surface area (Å²) < 4.78 is 12.4. The van der Waals surface area contributed by atoms with Crippen LogP contribution in [0.15, 0.2) is 54.7 Å². The number of thioether (sulfide) groups is 1. The van der Waals surface area contributed by atoms with Crippen molar-refractivity contribution in [3.8, 4) is 0 Å². The number of hydrogen-bond donors (Lipinski definition) is 0. The van der Waals surface area contributed by atoms with E-state index in [1.807, 2.05) is 71.1 Å². The van der Waals surface area contributed by atoms with Gasteiger partial charge < -0.3 is 13.9 Å². The molecule has 0 saturated carbocycles. The molecule has 0 aliphatic carbocycles. The van der Waals surface area contributed by atoms with Crippen molar-refractivity contribution in [1.82, 2.24) is 4.40 Å². The van der Waals surface area contributed by atoms with Crippen molar-refractivity contribution in [1.29, 1.82) is 0 Å². The van der Waals surface area contributed by atoms with Crippen LogP contribution in [0.1, 0.15) is 73.5 Å². The van der Waals surface area contributed by atoms with Crippen LogP contribution >= 0.6 is 25.3 Å². The molecule has 33 heavy (non-hydrogen) atoms. The van der Waals surface area contributed by atoms with Gasteiger partial charge in [-0.25, -0.2) is 9.59 Å². The van der Waals surface area contributed by atoms with Gasteiger partial charge >= 0.3 is 11.9 Å². The lowest BCUT2D eigenvalue weighted by atomic mass is 10.2. The van der Waals surface area contributed by atoms with Crippen LogP contribution in [0.5, 0.6) is 0 Å². The Kier molecular flexibility index (Phi) is 11.6. The van der Waals surface area contributed by atoms with E-state index >= 15 is 0 Å². The van der Waals surface area contributed by atoms with E-state index < -0.39 is 17.5 Å². The van der Waals surface area contributed by atoms with Gasteiger partial charge in [0.05, 0.1) is 17.7 Å². The standard InChI is InChI=1S/C24H27NO4S.C2H6.H2S/c1-5-28-22(26)19-14-21(23(27)29-24(2,3)4)25-12-11-18(13-20(19)25)16-30-15-17-9-7-6-8-10-17;1-2;/h6-14H,5,15-16H2,1-4H3;1-2H3;1H2. The minimum absolute atomic E-state index is 0. The predicted octanol–water partition coefficient (Wildman–Crippen LogP) is 6.64. The fraction of sp³-hybridized carbons (Fsp3) is 0.385. The van der Waals surface area contributed by atoms with Gasteiger partial charge in [-0.2, -0.15) is 25.3 Å². The molecule has 180 valence electrons. The predicted molar refractivity (Wildman–Crippen MR) is 142 cm³/mol. The third kappa shape index (κ3) is 8.16. The summed E-state index contributed by atoms with van der Waals surface area (Å²) >= 11 is 1.80. The van der Waals surface area contributed by atoms with Crippen LogP contribution in [0.2, 0.25) is 0 Å². The van der Waals surface area contributed by atoms with Crippen LogP contribution < -0.4 is 0 Å². The second-order valence-electron chi connectivity index (χ2n) is 7.93. The van der Waals surface area contributed by atoms with E-state index in [4.69, 9.17) is 9.47 Å². The van der Waals surface area contributed by atoms with Gasteiger partial charge in [0.2, 0.25) is 0 Å². The number of hydrogen-bond acceptors (Lipinski definition) is 5. The molecule has 0 fully saturated rings. The van der Waals surface area contributed by atoms with E-state index in [1.165, 1.54) is 5.56 Å². The highest BCUT2D eigenvalue weighted by atomic mass is 32.2. The maximum Gasteiger partial charge on any atom is 0.355 e. The molecule has 5 nitrogen and oxygen atoms in total. The second kappa shape index (κ2) is 13.4. The van der Waals surface area contributed by atoms with E-state index in [-0.39, 0.29) is 20.1 Å². The Balaban J connectivity index is 0.00000177. The lowest BCUT2D eigenvalue weighted by molar-refractivity contribution is 0.00618. The number of rotatable bonds is 7. The monoisotopic (exact) mass is 489 g/mol. The summed E-state index contributed by atoms with van der Waals surface area (Å²) in [7, 11) is 0. The van der Waals surface area contributed by atoms with Crippen molar-refractivity contribution >= 4 is 42.7 Å². The minimum atomic E-state index is -0.626. The molecular formula is C26H35NO4S2. The molecule has 0 amide bonds. The van der Waals surface area contributed by atoms with Crippen LogP contribution in [0.3, 0.4) is 0 Å². The van der Waals surface area contributed by atoms with Gasteiger partial charge in [0, 0.05) is 17.7 Å². The van der Waals surface area contributed by atoms with Crippen molar-refractivity contribution < 1.29 is 19.1 Å². The third-order valence-corrected chi connectivity index (χ3v) is 5.39. The van der Waals surface area contributed by atoms with Gasteiger partial charge in [-0.1, -0.05) is 44.2 Å². The van der Waals surface area contributed by atoms with Gasteiger partial charge in [0.25, 0.3) is 0 Å². The highest BCUT2D eigenvalue weighted by molar-refractivity contribution is 7.97. The van der Waals surface area contributed by atoms with Gasteiger partial charge in [-0.05, 0) is 57.0 Å². The van der Waals surface area contributed by atoms with Crippen LogP contribution in [0.25, 0.3) is 5.52 Å². The number of ether oxygens (including phenoxy) is 2. The summed E-state index contributed by atoms with van der Waals surface area (Å²) in [4.78, 5) is 25.2. The maximum atomic E-state index is 12.7. The number of pyridine rings is 1. The van der Waals surface area contributed by atoms with Crippen molar-refractivity contribution in [3.63, 3.8) is 0 Å². The van der Waals surface area contributed by atoms with Gasteiger partial charge in [-0.15, -0.1) is 0 Å². The van der Waals surface area contributed by atoms with E-state index in [9.17, 15) is 9.59 Å². The summed E-state index contributed by atoms with van der Waals surface area (Å²) in [6, 6.07) is 15.8. The smallest absolute Gasteiger partial charge is 0.355 e. The molecule has 0 aliphatic rings. The summed E-state index contributed by atoms with van der Waals surface area (Å²) in [5, 5.41) is 0. The molecule has 0 unspecified atom stereocenters. The SMILES string of the molecule is CC.CCOC(=O)c1cc(C(=O)OC(C)(C)C)n2ccc(CSCc3ccccc3)cc12.S. The van der Waals surface area contributed by atoms with E-state index in [2.05, 4.69) is 12.1 Å². The molecule has 2 aromatic heterocycles. The number of aromatic nitrogens is 1. The van der Waals surface area contributed by atoms with E-state index in [0.717, 1.165) is 17.1 Å². The molecule has 0 bridgehead atoms. The van der Waals surface area contributed by atoms with Crippen molar-refractivity contribution in [2.45, 2.75) is 58.6 Å². The Morgan fingerprint density at radius 1 is 0.939 bits per heavy atom. The summed E-state index contributed by atoms with van der Waals surface area (Å²) in [6.45, 7) is 11.5.